The molecule has 1 rings (SSSR count). The predicted molar refractivity (Wildman–Crippen MR) is 53.8 cm³/mol. The second-order valence-electron chi connectivity index (χ2n) is 2.29. The van der Waals surface area contributed by atoms with E-state index in [1.165, 1.54) is 0 Å². The molecule has 0 fully saturated rings. The highest BCUT2D eigenvalue weighted by atomic mass is 127. The second kappa shape index (κ2) is 4.35. The van der Waals surface area contributed by atoms with Crippen molar-refractivity contribution in [2.24, 2.45) is 0 Å². The lowest BCUT2D eigenvalue weighted by Gasteiger charge is -2.06. The minimum Gasteiger partial charge on any atom is -0.505 e. The Hall–Kier alpha value is -0.500. The Morgan fingerprint density at radius 1 is 1.64 bits per heavy atom. The van der Waals surface area contributed by atoms with Crippen molar-refractivity contribution in [1.29, 1.82) is 0 Å². The molecule has 0 radical (unpaired) electrons. The number of pyridine rings is 1. The number of carbonyl (C=O) groups is 1. The van der Waals surface area contributed by atoms with Crippen LogP contribution in [0.1, 0.15) is 22.5 Å². The number of halogens is 4. The van der Waals surface area contributed by atoms with Crippen LogP contribution >= 0.6 is 34.2 Å². The van der Waals surface area contributed by atoms with Gasteiger partial charge < -0.3 is 5.11 Å². The van der Waals surface area contributed by atoms with Gasteiger partial charge in [0.05, 0.1) is 9.13 Å². The number of aromatic hydroxyl groups is 1. The number of alkyl halides is 2. The standard InChI is InChI=1S/C7H3ClF2INO2/c8-6(14)2-1-12-4(7(9)10)5(13)3(2)11/h1,7,13H. The maximum Gasteiger partial charge on any atom is 0.284 e. The van der Waals surface area contributed by atoms with Crippen molar-refractivity contribution in [3.05, 3.63) is 21.0 Å². The summed E-state index contributed by atoms with van der Waals surface area (Å²) < 4.78 is 24.4. The van der Waals surface area contributed by atoms with Crippen molar-refractivity contribution >= 4 is 39.4 Å². The fraction of sp³-hybridized carbons (Fsp3) is 0.143. The SMILES string of the molecule is O=C(Cl)c1cnc(C(F)F)c(O)c1I. The van der Waals surface area contributed by atoms with Gasteiger partial charge in [0.2, 0.25) is 0 Å². The Morgan fingerprint density at radius 2 is 2.21 bits per heavy atom. The van der Waals surface area contributed by atoms with Crippen molar-refractivity contribution in [2.45, 2.75) is 6.43 Å². The zero-order chi connectivity index (χ0) is 10.9. The zero-order valence-corrected chi connectivity index (χ0v) is 9.38. The van der Waals surface area contributed by atoms with Crippen LogP contribution < -0.4 is 0 Å². The van der Waals surface area contributed by atoms with Gasteiger partial charge in [0.1, 0.15) is 5.69 Å². The first-order valence-electron chi connectivity index (χ1n) is 3.30. The molecule has 0 aromatic carbocycles. The molecule has 14 heavy (non-hydrogen) atoms. The highest BCUT2D eigenvalue weighted by Crippen LogP contribution is 2.32. The summed E-state index contributed by atoms with van der Waals surface area (Å²) in [5.74, 6) is -0.702. The third-order valence-electron chi connectivity index (χ3n) is 1.44. The van der Waals surface area contributed by atoms with Gasteiger partial charge in [-0.15, -0.1) is 0 Å². The van der Waals surface area contributed by atoms with Crippen LogP contribution in [0.5, 0.6) is 5.75 Å². The maximum atomic E-state index is 12.2. The van der Waals surface area contributed by atoms with E-state index in [1.54, 1.807) is 22.6 Å². The van der Waals surface area contributed by atoms with E-state index < -0.39 is 23.1 Å². The van der Waals surface area contributed by atoms with Gasteiger partial charge in [-0.3, -0.25) is 9.78 Å². The Labute approximate surface area is 96.2 Å². The molecule has 0 atom stereocenters. The smallest absolute Gasteiger partial charge is 0.284 e. The Morgan fingerprint density at radius 3 is 2.64 bits per heavy atom. The summed E-state index contributed by atoms with van der Waals surface area (Å²) in [5.41, 5.74) is -0.842. The summed E-state index contributed by atoms with van der Waals surface area (Å²) in [6.07, 6.45) is -1.97. The number of nitrogens with zero attached hydrogens (tertiary/aromatic N) is 1. The first kappa shape index (κ1) is 11.6. The molecule has 0 aliphatic heterocycles. The van der Waals surface area contributed by atoms with Gasteiger partial charge in [-0.25, -0.2) is 8.78 Å². The molecule has 0 unspecified atom stereocenters. The Bertz CT molecular complexity index is 386. The summed E-state index contributed by atoms with van der Waals surface area (Å²) in [6, 6.07) is 0. The van der Waals surface area contributed by atoms with Crippen LogP contribution in [0.25, 0.3) is 0 Å². The minimum absolute atomic E-state index is 0.0205. The van der Waals surface area contributed by atoms with E-state index in [1.807, 2.05) is 0 Å². The molecular weight excluding hydrogens is 330 g/mol. The highest BCUT2D eigenvalue weighted by Gasteiger charge is 2.21. The molecule has 1 heterocycles. The molecule has 0 aliphatic rings. The molecule has 7 heteroatoms. The van der Waals surface area contributed by atoms with Gasteiger partial charge in [0.15, 0.2) is 5.75 Å². The third-order valence-corrected chi connectivity index (χ3v) is 2.73. The molecule has 1 N–H and O–H groups in total. The average molecular weight is 333 g/mol. The lowest BCUT2D eigenvalue weighted by molar-refractivity contribution is 0.107. The Balaban J connectivity index is 3.33. The maximum absolute atomic E-state index is 12.2. The monoisotopic (exact) mass is 333 g/mol. The van der Waals surface area contributed by atoms with Crippen molar-refractivity contribution < 1.29 is 18.7 Å². The van der Waals surface area contributed by atoms with Crippen LogP contribution in [0.4, 0.5) is 8.78 Å². The van der Waals surface area contributed by atoms with E-state index >= 15 is 0 Å². The fourth-order valence-corrected chi connectivity index (χ4v) is 1.75. The van der Waals surface area contributed by atoms with Crippen molar-refractivity contribution in [2.75, 3.05) is 0 Å². The molecule has 3 nitrogen and oxygen atoms in total. The minimum atomic E-state index is -2.89. The van der Waals surface area contributed by atoms with E-state index in [4.69, 9.17) is 11.6 Å². The van der Waals surface area contributed by atoms with Crippen LogP contribution in [0.15, 0.2) is 6.20 Å². The molecule has 0 saturated carbocycles. The lowest BCUT2D eigenvalue weighted by atomic mass is 10.2. The van der Waals surface area contributed by atoms with Crippen molar-refractivity contribution in [3.63, 3.8) is 0 Å². The van der Waals surface area contributed by atoms with E-state index in [0.29, 0.717) is 0 Å². The number of carbonyl (C=O) groups excluding carboxylic acids is 1. The van der Waals surface area contributed by atoms with Gasteiger partial charge >= 0.3 is 0 Å². The van der Waals surface area contributed by atoms with Crippen LogP contribution in [0.2, 0.25) is 0 Å². The molecular formula is C7H3ClF2INO2. The summed E-state index contributed by atoms with van der Waals surface area (Å²) in [7, 11) is 0. The number of rotatable bonds is 2. The van der Waals surface area contributed by atoms with Gasteiger partial charge in [0.25, 0.3) is 11.7 Å². The first-order chi connectivity index (χ1) is 6.45. The van der Waals surface area contributed by atoms with E-state index in [-0.39, 0.29) is 9.13 Å². The molecule has 0 saturated heterocycles. The molecule has 0 amide bonds. The first-order valence-corrected chi connectivity index (χ1v) is 4.76. The normalized spacial score (nSPS) is 10.6. The van der Waals surface area contributed by atoms with Crippen LogP contribution in [0.3, 0.4) is 0 Å². The molecule has 0 bridgehead atoms. The topological polar surface area (TPSA) is 50.2 Å². The highest BCUT2D eigenvalue weighted by molar-refractivity contribution is 14.1. The summed E-state index contributed by atoms with van der Waals surface area (Å²) in [4.78, 5) is 14.0. The van der Waals surface area contributed by atoms with Gasteiger partial charge in [-0.2, -0.15) is 0 Å². The molecule has 1 aromatic heterocycles. The number of hydrogen-bond donors (Lipinski definition) is 1. The lowest BCUT2D eigenvalue weighted by Crippen LogP contribution is -2.00. The van der Waals surface area contributed by atoms with Crippen LogP contribution in [0, 0.1) is 3.57 Å². The summed E-state index contributed by atoms with van der Waals surface area (Å²) >= 11 is 6.68. The van der Waals surface area contributed by atoms with Gasteiger partial charge in [-0.05, 0) is 34.2 Å². The third kappa shape index (κ3) is 2.11. The van der Waals surface area contributed by atoms with Crippen molar-refractivity contribution in [3.8, 4) is 5.75 Å². The van der Waals surface area contributed by atoms with E-state index in [9.17, 15) is 18.7 Å². The number of hydrogen-bond acceptors (Lipinski definition) is 3. The number of aromatic nitrogens is 1. The van der Waals surface area contributed by atoms with Crippen LogP contribution in [-0.2, 0) is 0 Å². The summed E-state index contributed by atoms with van der Waals surface area (Å²) in [6.45, 7) is 0. The molecule has 0 spiro atoms. The van der Waals surface area contributed by atoms with Gasteiger partial charge in [0, 0.05) is 6.20 Å². The fourth-order valence-electron chi connectivity index (χ4n) is 0.789. The second-order valence-corrected chi connectivity index (χ2v) is 3.72. The zero-order valence-electron chi connectivity index (χ0n) is 6.47. The van der Waals surface area contributed by atoms with Crippen molar-refractivity contribution in [1.82, 2.24) is 4.98 Å². The average Bonchev–Trinajstić information content (AvgIpc) is 2.08. The molecule has 76 valence electrons. The van der Waals surface area contributed by atoms with Gasteiger partial charge in [-0.1, -0.05) is 0 Å². The quantitative estimate of drug-likeness (QED) is 0.669. The predicted octanol–water partition coefficient (Wildman–Crippen LogP) is 2.71. The van der Waals surface area contributed by atoms with E-state index in [0.717, 1.165) is 6.20 Å². The largest absolute Gasteiger partial charge is 0.505 e. The van der Waals surface area contributed by atoms with Crippen LogP contribution in [-0.4, -0.2) is 15.3 Å². The summed E-state index contributed by atoms with van der Waals surface area (Å²) in [5, 5.41) is 8.39. The molecule has 1 aromatic rings. The molecule has 0 aliphatic carbocycles. The van der Waals surface area contributed by atoms with E-state index in [2.05, 4.69) is 4.98 Å². The Kier molecular flexibility index (Phi) is 3.59.